The van der Waals surface area contributed by atoms with Crippen LogP contribution in [0.2, 0.25) is 0 Å². The van der Waals surface area contributed by atoms with Crippen molar-refractivity contribution in [1.82, 2.24) is 9.88 Å². The van der Waals surface area contributed by atoms with Gasteiger partial charge < -0.3 is 10.0 Å². The zero-order chi connectivity index (χ0) is 14.8. The molecule has 1 amide bonds. The molecular weight excluding hydrogens is 256 g/mol. The van der Waals surface area contributed by atoms with E-state index in [-0.39, 0.29) is 16.9 Å². The molecule has 108 valence electrons. The quantitative estimate of drug-likeness (QED) is 0.919. The fraction of sp³-hybridized carbons (Fsp3) is 0.533. The Labute approximate surface area is 118 Å². The van der Waals surface area contributed by atoms with Crippen LogP contribution in [0.25, 0.3) is 0 Å². The third-order valence-corrected chi connectivity index (χ3v) is 3.85. The van der Waals surface area contributed by atoms with Gasteiger partial charge in [0.2, 0.25) is 5.91 Å². The summed E-state index contributed by atoms with van der Waals surface area (Å²) in [5, 5.41) is 8.83. The maximum absolute atomic E-state index is 12.1. The second-order valence-electron chi connectivity index (χ2n) is 6.07. The summed E-state index contributed by atoms with van der Waals surface area (Å²) in [6.45, 7) is 5.55. The Bertz CT molecular complexity index is 508. The molecule has 0 spiro atoms. The minimum absolute atomic E-state index is 0.152. The van der Waals surface area contributed by atoms with Crippen molar-refractivity contribution in [1.29, 1.82) is 0 Å². The molecule has 2 rings (SSSR count). The Morgan fingerprint density at radius 2 is 2.15 bits per heavy atom. The molecule has 0 aromatic carbocycles. The first-order valence-corrected chi connectivity index (χ1v) is 6.83. The summed E-state index contributed by atoms with van der Waals surface area (Å²) >= 11 is 0. The number of hydrogen-bond acceptors (Lipinski definition) is 3. The van der Waals surface area contributed by atoms with Crippen LogP contribution in [0.1, 0.15) is 49.2 Å². The number of amides is 1. The van der Waals surface area contributed by atoms with E-state index in [4.69, 9.17) is 5.11 Å². The van der Waals surface area contributed by atoms with Crippen LogP contribution >= 0.6 is 0 Å². The number of nitrogens with zero attached hydrogens (tertiary/aromatic N) is 2. The van der Waals surface area contributed by atoms with Gasteiger partial charge in [-0.15, -0.1) is 0 Å². The summed E-state index contributed by atoms with van der Waals surface area (Å²) in [6, 6.07) is 3.20. The lowest BCUT2D eigenvalue weighted by Crippen LogP contribution is -2.30. The monoisotopic (exact) mass is 276 g/mol. The van der Waals surface area contributed by atoms with Gasteiger partial charge in [-0.3, -0.25) is 9.78 Å². The molecule has 0 unspecified atom stereocenters. The minimum atomic E-state index is -0.989. The number of rotatable bonds is 3. The van der Waals surface area contributed by atoms with Gasteiger partial charge in [-0.2, -0.15) is 0 Å². The van der Waals surface area contributed by atoms with E-state index in [1.807, 2.05) is 4.90 Å². The van der Waals surface area contributed by atoms with Crippen LogP contribution in [0.3, 0.4) is 0 Å². The Kier molecular flexibility index (Phi) is 4.06. The van der Waals surface area contributed by atoms with Gasteiger partial charge in [0.1, 0.15) is 0 Å². The van der Waals surface area contributed by atoms with Crippen molar-refractivity contribution in [3.8, 4) is 0 Å². The van der Waals surface area contributed by atoms with Crippen LogP contribution < -0.4 is 0 Å². The molecule has 5 nitrogen and oxygen atoms in total. The highest BCUT2D eigenvalue weighted by Crippen LogP contribution is 2.30. The molecule has 0 aliphatic carbocycles. The molecule has 2 heterocycles. The SMILES string of the molecule is CC1(C)CCC(=O)N(Cc2ccc(C(=O)O)cn2)CC1. The van der Waals surface area contributed by atoms with E-state index in [1.165, 1.54) is 12.3 Å². The predicted molar refractivity (Wildman–Crippen MR) is 74.2 cm³/mol. The number of carbonyl (C=O) groups excluding carboxylic acids is 1. The molecule has 1 fully saturated rings. The standard InChI is InChI=1S/C15H20N2O3/c1-15(2)6-5-13(18)17(8-7-15)10-12-4-3-11(9-16-12)14(19)20/h3-4,9H,5-8,10H2,1-2H3,(H,19,20). The Morgan fingerprint density at radius 3 is 2.75 bits per heavy atom. The minimum Gasteiger partial charge on any atom is -0.478 e. The Balaban J connectivity index is 2.05. The topological polar surface area (TPSA) is 70.5 Å². The van der Waals surface area contributed by atoms with Crippen molar-refractivity contribution < 1.29 is 14.7 Å². The normalized spacial score (nSPS) is 18.7. The average Bonchev–Trinajstić information content (AvgIpc) is 2.52. The van der Waals surface area contributed by atoms with Gasteiger partial charge in [-0.25, -0.2) is 4.79 Å². The zero-order valence-electron chi connectivity index (χ0n) is 11.9. The average molecular weight is 276 g/mol. The molecule has 1 aromatic rings. The van der Waals surface area contributed by atoms with E-state index in [0.29, 0.717) is 13.0 Å². The summed E-state index contributed by atoms with van der Waals surface area (Å²) in [5.41, 5.74) is 1.09. The number of pyridine rings is 1. The van der Waals surface area contributed by atoms with E-state index < -0.39 is 5.97 Å². The van der Waals surface area contributed by atoms with E-state index in [2.05, 4.69) is 18.8 Å². The highest BCUT2D eigenvalue weighted by Gasteiger charge is 2.27. The first-order chi connectivity index (χ1) is 9.37. The van der Waals surface area contributed by atoms with Gasteiger partial charge in [0.15, 0.2) is 0 Å². The highest BCUT2D eigenvalue weighted by molar-refractivity contribution is 5.87. The molecule has 1 aliphatic rings. The highest BCUT2D eigenvalue weighted by atomic mass is 16.4. The van der Waals surface area contributed by atoms with Crippen molar-refractivity contribution in [2.45, 2.75) is 39.7 Å². The van der Waals surface area contributed by atoms with E-state index in [0.717, 1.165) is 25.1 Å². The molecule has 0 saturated carbocycles. The summed E-state index contributed by atoms with van der Waals surface area (Å²) in [7, 11) is 0. The molecule has 0 radical (unpaired) electrons. The first kappa shape index (κ1) is 14.5. The van der Waals surface area contributed by atoms with Gasteiger partial charge in [0.25, 0.3) is 0 Å². The second-order valence-corrected chi connectivity index (χ2v) is 6.07. The van der Waals surface area contributed by atoms with Crippen LogP contribution in [-0.2, 0) is 11.3 Å². The molecule has 1 saturated heterocycles. The fourth-order valence-corrected chi connectivity index (χ4v) is 2.30. The molecule has 1 aliphatic heterocycles. The van der Waals surface area contributed by atoms with Gasteiger partial charge in [0, 0.05) is 19.2 Å². The maximum Gasteiger partial charge on any atom is 0.337 e. The van der Waals surface area contributed by atoms with Crippen molar-refractivity contribution in [2.75, 3.05) is 6.54 Å². The van der Waals surface area contributed by atoms with Gasteiger partial charge in [-0.05, 0) is 30.4 Å². The summed E-state index contributed by atoms with van der Waals surface area (Å²) < 4.78 is 0. The molecule has 20 heavy (non-hydrogen) atoms. The fourth-order valence-electron chi connectivity index (χ4n) is 2.30. The third-order valence-electron chi connectivity index (χ3n) is 3.85. The molecular formula is C15H20N2O3. The van der Waals surface area contributed by atoms with Gasteiger partial charge in [0.05, 0.1) is 17.8 Å². The van der Waals surface area contributed by atoms with E-state index >= 15 is 0 Å². The molecule has 0 bridgehead atoms. The number of carboxylic acid groups (broad SMARTS) is 1. The number of hydrogen-bond donors (Lipinski definition) is 1. The van der Waals surface area contributed by atoms with E-state index in [9.17, 15) is 9.59 Å². The lowest BCUT2D eigenvalue weighted by atomic mass is 9.85. The number of aromatic carboxylic acids is 1. The molecule has 5 heteroatoms. The zero-order valence-corrected chi connectivity index (χ0v) is 11.9. The number of carbonyl (C=O) groups is 2. The van der Waals surface area contributed by atoms with Gasteiger partial charge in [-0.1, -0.05) is 13.8 Å². The lowest BCUT2D eigenvalue weighted by Gasteiger charge is -2.23. The van der Waals surface area contributed by atoms with Crippen molar-refractivity contribution in [3.63, 3.8) is 0 Å². The molecule has 0 atom stereocenters. The van der Waals surface area contributed by atoms with Crippen LogP contribution in [-0.4, -0.2) is 33.4 Å². The second kappa shape index (κ2) is 5.61. The van der Waals surface area contributed by atoms with Crippen molar-refractivity contribution in [2.24, 2.45) is 5.41 Å². The van der Waals surface area contributed by atoms with Crippen molar-refractivity contribution >= 4 is 11.9 Å². The van der Waals surface area contributed by atoms with E-state index in [1.54, 1.807) is 6.07 Å². The predicted octanol–water partition coefficient (Wildman–Crippen LogP) is 2.32. The molecule has 1 aromatic heterocycles. The third kappa shape index (κ3) is 3.56. The summed E-state index contributed by atoms with van der Waals surface area (Å²) in [5.74, 6) is -0.837. The first-order valence-electron chi connectivity index (χ1n) is 6.83. The summed E-state index contributed by atoms with van der Waals surface area (Å²) in [4.78, 5) is 28.8. The van der Waals surface area contributed by atoms with Crippen molar-refractivity contribution in [3.05, 3.63) is 29.6 Å². The Hall–Kier alpha value is -1.91. The number of carboxylic acids is 1. The Morgan fingerprint density at radius 1 is 1.40 bits per heavy atom. The van der Waals surface area contributed by atoms with Crippen LogP contribution in [0.15, 0.2) is 18.3 Å². The number of likely N-dealkylation sites (tertiary alicyclic amines) is 1. The maximum atomic E-state index is 12.1. The smallest absolute Gasteiger partial charge is 0.337 e. The summed E-state index contributed by atoms with van der Waals surface area (Å²) in [6.07, 6.45) is 3.80. The van der Waals surface area contributed by atoms with Crippen LogP contribution in [0, 0.1) is 5.41 Å². The number of aromatic nitrogens is 1. The van der Waals surface area contributed by atoms with Crippen LogP contribution in [0.5, 0.6) is 0 Å². The molecule has 1 N–H and O–H groups in total. The largest absolute Gasteiger partial charge is 0.478 e. The van der Waals surface area contributed by atoms with Crippen LogP contribution in [0.4, 0.5) is 0 Å². The lowest BCUT2D eigenvalue weighted by molar-refractivity contribution is -0.131. The van der Waals surface area contributed by atoms with Gasteiger partial charge >= 0.3 is 5.97 Å².